The number of amides is 2. The van der Waals surface area contributed by atoms with E-state index >= 15 is 0 Å². The highest BCUT2D eigenvalue weighted by atomic mass is 16.3. The zero-order valence-electron chi connectivity index (χ0n) is 14.4. The summed E-state index contributed by atoms with van der Waals surface area (Å²) in [6.07, 6.45) is 1.09. The largest absolute Gasteiger partial charge is 0.504 e. The summed E-state index contributed by atoms with van der Waals surface area (Å²) in [4.78, 5) is 26.6. The smallest absolute Gasteiger partial charge is 0.258 e. The summed E-state index contributed by atoms with van der Waals surface area (Å²) in [6, 6.07) is 7.82. The van der Waals surface area contributed by atoms with Crippen LogP contribution in [0.15, 0.2) is 36.4 Å². The van der Waals surface area contributed by atoms with Gasteiger partial charge in [0.05, 0.1) is 5.56 Å². The van der Waals surface area contributed by atoms with Gasteiger partial charge in [0.15, 0.2) is 23.0 Å². The normalized spacial score (nSPS) is 16.3. The molecule has 8 nitrogen and oxygen atoms in total. The molecule has 1 aliphatic rings. The fourth-order valence-electron chi connectivity index (χ4n) is 3.16. The van der Waals surface area contributed by atoms with E-state index in [1.54, 1.807) is 12.1 Å². The van der Waals surface area contributed by atoms with Crippen LogP contribution in [0.3, 0.4) is 0 Å². The lowest BCUT2D eigenvalue weighted by Gasteiger charge is -2.24. The number of aromatic hydroxyl groups is 4. The standard InChI is InChI=1S/C19H20N2O6/c22-14-7-1-4-11(16(14)24)10-20-18(26)13-6-3-9-21(13)19(27)12-5-2-8-15(23)17(12)25/h1-2,4-5,7-8,13,22-25H,3,6,9-10H2,(H,20,26)/t13-/m0/s1. The fraction of sp³-hybridized carbons (Fsp3) is 0.263. The van der Waals surface area contributed by atoms with Gasteiger partial charge in [-0.2, -0.15) is 0 Å². The lowest BCUT2D eigenvalue weighted by atomic mass is 10.1. The number of hydrogen-bond acceptors (Lipinski definition) is 6. The molecule has 0 saturated carbocycles. The van der Waals surface area contributed by atoms with E-state index in [9.17, 15) is 30.0 Å². The van der Waals surface area contributed by atoms with Gasteiger partial charge in [0.1, 0.15) is 6.04 Å². The second kappa shape index (κ2) is 7.45. The highest BCUT2D eigenvalue weighted by Gasteiger charge is 2.35. The molecule has 0 radical (unpaired) electrons. The average Bonchev–Trinajstić information content (AvgIpc) is 3.14. The van der Waals surface area contributed by atoms with Crippen LogP contribution in [0.5, 0.6) is 23.0 Å². The molecule has 1 aliphatic heterocycles. The first-order valence-electron chi connectivity index (χ1n) is 8.49. The number of carbonyl (C=O) groups is 2. The molecular formula is C19H20N2O6. The van der Waals surface area contributed by atoms with Gasteiger partial charge in [0.25, 0.3) is 5.91 Å². The van der Waals surface area contributed by atoms with E-state index in [-0.39, 0.29) is 23.6 Å². The third kappa shape index (κ3) is 3.59. The number of para-hydroxylation sites is 2. The lowest BCUT2D eigenvalue weighted by Crippen LogP contribution is -2.45. The molecule has 1 saturated heterocycles. The molecule has 1 heterocycles. The fourth-order valence-corrected chi connectivity index (χ4v) is 3.16. The van der Waals surface area contributed by atoms with Gasteiger partial charge in [-0.15, -0.1) is 0 Å². The van der Waals surface area contributed by atoms with E-state index in [2.05, 4.69) is 5.32 Å². The SMILES string of the molecule is O=C(NCc1cccc(O)c1O)[C@@H]1CCCN1C(=O)c1cccc(O)c1O. The van der Waals surface area contributed by atoms with Gasteiger partial charge >= 0.3 is 0 Å². The second-order valence-corrected chi connectivity index (χ2v) is 6.33. The van der Waals surface area contributed by atoms with Crippen LogP contribution in [0.25, 0.3) is 0 Å². The van der Waals surface area contributed by atoms with Crippen LogP contribution in [0.2, 0.25) is 0 Å². The highest BCUT2D eigenvalue weighted by Crippen LogP contribution is 2.31. The van der Waals surface area contributed by atoms with Crippen molar-refractivity contribution in [2.45, 2.75) is 25.4 Å². The number of benzene rings is 2. The van der Waals surface area contributed by atoms with Crippen molar-refractivity contribution in [2.75, 3.05) is 6.54 Å². The molecule has 8 heteroatoms. The summed E-state index contributed by atoms with van der Waals surface area (Å²) < 4.78 is 0. The minimum atomic E-state index is -0.723. The molecule has 5 N–H and O–H groups in total. The van der Waals surface area contributed by atoms with E-state index in [1.165, 1.54) is 29.2 Å². The summed E-state index contributed by atoms with van der Waals surface area (Å²) in [5.41, 5.74) is 0.283. The molecule has 2 aromatic rings. The average molecular weight is 372 g/mol. The molecule has 3 rings (SSSR count). The van der Waals surface area contributed by atoms with Crippen molar-refractivity contribution in [3.8, 4) is 23.0 Å². The Hall–Kier alpha value is -3.42. The van der Waals surface area contributed by atoms with Gasteiger partial charge in [-0.25, -0.2) is 0 Å². The molecule has 142 valence electrons. The third-order valence-corrected chi connectivity index (χ3v) is 4.61. The maximum atomic E-state index is 12.7. The van der Waals surface area contributed by atoms with Crippen LogP contribution in [-0.4, -0.2) is 49.7 Å². The van der Waals surface area contributed by atoms with Gasteiger partial charge in [0.2, 0.25) is 5.91 Å². The Labute approximate surface area is 155 Å². The van der Waals surface area contributed by atoms with Crippen LogP contribution in [-0.2, 0) is 11.3 Å². The van der Waals surface area contributed by atoms with E-state index in [0.29, 0.717) is 24.9 Å². The second-order valence-electron chi connectivity index (χ2n) is 6.33. The molecule has 0 aromatic heterocycles. The van der Waals surface area contributed by atoms with Crippen molar-refractivity contribution in [3.05, 3.63) is 47.5 Å². The van der Waals surface area contributed by atoms with Gasteiger partial charge in [-0.1, -0.05) is 18.2 Å². The number of hydrogen-bond donors (Lipinski definition) is 5. The predicted octanol–water partition coefficient (Wildman–Crippen LogP) is 1.43. The molecule has 0 spiro atoms. The Kier molecular flexibility index (Phi) is 5.07. The molecule has 2 amide bonds. The van der Waals surface area contributed by atoms with Crippen LogP contribution in [0.4, 0.5) is 0 Å². The van der Waals surface area contributed by atoms with Gasteiger partial charge in [0, 0.05) is 18.7 Å². The molecule has 0 aliphatic carbocycles. The molecule has 2 aromatic carbocycles. The molecule has 1 atom stereocenters. The lowest BCUT2D eigenvalue weighted by molar-refractivity contribution is -0.125. The summed E-state index contributed by atoms with van der Waals surface area (Å²) >= 11 is 0. The quantitative estimate of drug-likeness (QED) is 0.516. The third-order valence-electron chi connectivity index (χ3n) is 4.61. The van der Waals surface area contributed by atoms with Crippen LogP contribution >= 0.6 is 0 Å². The van der Waals surface area contributed by atoms with Crippen LogP contribution < -0.4 is 5.32 Å². The molecular weight excluding hydrogens is 352 g/mol. The number of carbonyl (C=O) groups excluding carboxylic acids is 2. The van der Waals surface area contributed by atoms with Crippen molar-refractivity contribution in [1.82, 2.24) is 10.2 Å². The minimum absolute atomic E-state index is 0.00499. The van der Waals surface area contributed by atoms with E-state index in [0.717, 1.165) is 0 Å². The van der Waals surface area contributed by atoms with Gasteiger partial charge in [-0.05, 0) is 31.0 Å². The zero-order chi connectivity index (χ0) is 19.6. The van der Waals surface area contributed by atoms with Crippen molar-refractivity contribution >= 4 is 11.8 Å². The Morgan fingerprint density at radius 3 is 2.41 bits per heavy atom. The minimum Gasteiger partial charge on any atom is -0.504 e. The monoisotopic (exact) mass is 372 g/mol. The van der Waals surface area contributed by atoms with Crippen molar-refractivity contribution < 1.29 is 30.0 Å². The van der Waals surface area contributed by atoms with Crippen LogP contribution in [0.1, 0.15) is 28.8 Å². The highest BCUT2D eigenvalue weighted by molar-refractivity contribution is 6.00. The van der Waals surface area contributed by atoms with E-state index in [1.807, 2.05) is 0 Å². The Morgan fingerprint density at radius 1 is 1.00 bits per heavy atom. The van der Waals surface area contributed by atoms with Gasteiger partial charge < -0.3 is 30.6 Å². The number of nitrogens with zero attached hydrogens (tertiary/aromatic N) is 1. The zero-order valence-corrected chi connectivity index (χ0v) is 14.4. The van der Waals surface area contributed by atoms with Crippen molar-refractivity contribution in [1.29, 1.82) is 0 Å². The predicted molar refractivity (Wildman–Crippen MR) is 95.4 cm³/mol. The first-order valence-corrected chi connectivity index (χ1v) is 8.49. The molecule has 1 fully saturated rings. The summed E-state index contributed by atoms with van der Waals surface area (Å²) in [5.74, 6) is -2.44. The molecule has 27 heavy (non-hydrogen) atoms. The number of likely N-dealkylation sites (tertiary alicyclic amines) is 1. The number of nitrogens with one attached hydrogen (secondary N) is 1. The Morgan fingerprint density at radius 2 is 1.67 bits per heavy atom. The Balaban J connectivity index is 1.72. The van der Waals surface area contributed by atoms with Crippen LogP contribution in [0, 0.1) is 0 Å². The Bertz CT molecular complexity index is 882. The van der Waals surface area contributed by atoms with Crippen molar-refractivity contribution in [2.24, 2.45) is 0 Å². The molecule has 0 bridgehead atoms. The summed E-state index contributed by atoms with van der Waals surface area (Å²) in [5, 5.41) is 41.5. The number of rotatable bonds is 4. The number of phenolic OH excluding ortho intramolecular Hbond substituents is 4. The van der Waals surface area contributed by atoms with Gasteiger partial charge in [-0.3, -0.25) is 9.59 Å². The topological polar surface area (TPSA) is 130 Å². The first kappa shape index (κ1) is 18.4. The maximum absolute atomic E-state index is 12.7. The maximum Gasteiger partial charge on any atom is 0.258 e. The summed E-state index contributed by atoms with van der Waals surface area (Å²) in [7, 11) is 0. The molecule has 0 unspecified atom stereocenters. The summed E-state index contributed by atoms with van der Waals surface area (Å²) in [6.45, 7) is 0.346. The van der Waals surface area contributed by atoms with E-state index in [4.69, 9.17) is 0 Å². The van der Waals surface area contributed by atoms with Crippen molar-refractivity contribution in [3.63, 3.8) is 0 Å². The first-order chi connectivity index (χ1) is 12.9. The van der Waals surface area contributed by atoms with E-state index < -0.39 is 29.4 Å². The number of phenols is 4.